The van der Waals surface area contributed by atoms with Gasteiger partial charge in [0.05, 0.1) is 11.4 Å². The summed E-state index contributed by atoms with van der Waals surface area (Å²) < 4.78 is 0. The van der Waals surface area contributed by atoms with Gasteiger partial charge in [0.2, 0.25) is 0 Å². The lowest BCUT2D eigenvalue weighted by molar-refractivity contribution is 1.09. The van der Waals surface area contributed by atoms with Crippen LogP contribution in [0.15, 0.2) is 52.7 Å². The second-order valence-corrected chi connectivity index (χ2v) is 4.88. The van der Waals surface area contributed by atoms with E-state index in [9.17, 15) is 0 Å². The number of nitrogens with zero attached hydrogens (tertiary/aromatic N) is 3. The molecule has 0 N–H and O–H groups in total. The smallest absolute Gasteiger partial charge is 0.109 e. The molecule has 0 spiro atoms. The van der Waals surface area contributed by atoms with E-state index in [4.69, 9.17) is 0 Å². The summed E-state index contributed by atoms with van der Waals surface area (Å²) >= 11 is 0. The first-order valence-electron chi connectivity index (χ1n) is 6.33. The van der Waals surface area contributed by atoms with Crippen LogP contribution in [0.25, 0.3) is 0 Å². The molecule has 2 aromatic rings. The van der Waals surface area contributed by atoms with Crippen molar-refractivity contribution in [3.8, 4) is 0 Å². The minimum absolute atomic E-state index is 0.867. The van der Waals surface area contributed by atoms with Gasteiger partial charge in [0.1, 0.15) is 5.69 Å². The summed E-state index contributed by atoms with van der Waals surface area (Å²) in [6.45, 7) is 4.18. The fourth-order valence-corrected chi connectivity index (χ4v) is 2.20. The van der Waals surface area contributed by atoms with Crippen molar-refractivity contribution < 1.29 is 0 Å². The van der Waals surface area contributed by atoms with Gasteiger partial charge in [-0.2, -0.15) is 5.11 Å². The lowest BCUT2D eigenvalue weighted by Gasteiger charge is -2.18. The molecule has 0 aromatic heterocycles. The van der Waals surface area contributed by atoms with Crippen LogP contribution in [0.1, 0.15) is 11.1 Å². The molecular weight excluding hydrogens is 234 g/mol. The Morgan fingerprint density at radius 2 is 1.58 bits per heavy atom. The number of hydrogen-bond donors (Lipinski definition) is 0. The van der Waals surface area contributed by atoms with Gasteiger partial charge in [0, 0.05) is 14.1 Å². The summed E-state index contributed by atoms with van der Waals surface area (Å²) in [5.41, 5.74) is 5.31. The molecule has 3 nitrogen and oxygen atoms in total. The highest BCUT2D eigenvalue weighted by Gasteiger charge is 2.08. The number of hydrogen-bond acceptors (Lipinski definition) is 3. The molecular formula is C16H19N3. The van der Waals surface area contributed by atoms with Crippen molar-refractivity contribution in [1.82, 2.24) is 0 Å². The molecule has 2 aromatic carbocycles. The number of anilines is 1. The third-order valence-corrected chi connectivity index (χ3v) is 2.90. The number of azo groups is 1. The molecule has 0 aliphatic rings. The Labute approximate surface area is 114 Å². The summed E-state index contributed by atoms with van der Waals surface area (Å²) in [5.74, 6) is 0. The zero-order valence-electron chi connectivity index (χ0n) is 11.9. The van der Waals surface area contributed by atoms with Gasteiger partial charge >= 0.3 is 0 Å². The first kappa shape index (κ1) is 13.3. The van der Waals surface area contributed by atoms with Crippen LogP contribution < -0.4 is 4.90 Å². The third-order valence-electron chi connectivity index (χ3n) is 2.90. The Hall–Kier alpha value is -2.16. The van der Waals surface area contributed by atoms with Crippen LogP contribution in [0.4, 0.5) is 17.1 Å². The van der Waals surface area contributed by atoms with Crippen molar-refractivity contribution in [2.75, 3.05) is 19.0 Å². The number of aryl methyl sites for hydroxylation is 2. The van der Waals surface area contributed by atoms with Gasteiger partial charge in [-0.25, -0.2) is 0 Å². The van der Waals surface area contributed by atoms with Crippen LogP contribution >= 0.6 is 0 Å². The fourth-order valence-electron chi connectivity index (χ4n) is 2.20. The molecule has 2 rings (SSSR count). The Balaban J connectivity index is 2.42. The van der Waals surface area contributed by atoms with E-state index in [1.807, 2.05) is 44.4 Å². The second kappa shape index (κ2) is 5.65. The molecule has 0 bridgehead atoms. The lowest BCUT2D eigenvalue weighted by atomic mass is 10.1. The SMILES string of the molecule is Cc1cc(C)c(N(C)C)c(N=Nc2ccccc2)c1. The van der Waals surface area contributed by atoms with Crippen molar-refractivity contribution in [2.45, 2.75) is 13.8 Å². The van der Waals surface area contributed by atoms with Gasteiger partial charge in [0.25, 0.3) is 0 Å². The van der Waals surface area contributed by atoms with Gasteiger partial charge in [-0.15, -0.1) is 5.11 Å². The topological polar surface area (TPSA) is 28.0 Å². The summed E-state index contributed by atoms with van der Waals surface area (Å²) in [6.07, 6.45) is 0. The number of benzene rings is 2. The van der Waals surface area contributed by atoms with Gasteiger partial charge in [-0.05, 0) is 43.2 Å². The minimum atomic E-state index is 0.867. The Bertz CT molecular complexity index is 586. The van der Waals surface area contributed by atoms with Crippen LogP contribution in [0.3, 0.4) is 0 Å². The Kier molecular flexibility index (Phi) is 3.95. The molecule has 98 valence electrons. The van der Waals surface area contributed by atoms with Crippen molar-refractivity contribution >= 4 is 17.1 Å². The first-order chi connectivity index (χ1) is 9.08. The standard InChI is InChI=1S/C16H19N3/c1-12-10-13(2)16(19(3)4)15(11-12)18-17-14-8-6-5-7-9-14/h5-11H,1-4H3. The average Bonchev–Trinajstić information content (AvgIpc) is 2.36. The maximum absolute atomic E-state index is 4.40. The average molecular weight is 253 g/mol. The normalized spacial score (nSPS) is 10.9. The van der Waals surface area contributed by atoms with E-state index in [2.05, 4.69) is 41.1 Å². The zero-order chi connectivity index (χ0) is 13.8. The van der Waals surface area contributed by atoms with Crippen LogP contribution in [-0.2, 0) is 0 Å². The lowest BCUT2D eigenvalue weighted by Crippen LogP contribution is -2.10. The number of rotatable bonds is 3. The highest BCUT2D eigenvalue weighted by molar-refractivity contribution is 5.71. The van der Waals surface area contributed by atoms with E-state index in [1.54, 1.807) is 0 Å². The molecule has 3 heteroatoms. The van der Waals surface area contributed by atoms with Crippen molar-refractivity contribution in [2.24, 2.45) is 10.2 Å². The van der Waals surface area contributed by atoms with Crippen LogP contribution in [0.5, 0.6) is 0 Å². The van der Waals surface area contributed by atoms with Gasteiger partial charge in [0.15, 0.2) is 0 Å². The maximum Gasteiger partial charge on any atom is 0.109 e. The molecule has 19 heavy (non-hydrogen) atoms. The summed E-state index contributed by atoms with van der Waals surface area (Å²) in [5, 5.41) is 8.70. The molecule has 0 saturated heterocycles. The van der Waals surface area contributed by atoms with Crippen molar-refractivity contribution in [3.05, 3.63) is 53.6 Å². The monoisotopic (exact) mass is 253 g/mol. The fraction of sp³-hybridized carbons (Fsp3) is 0.250. The third kappa shape index (κ3) is 3.19. The van der Waals surface area contributed by atoms with Gasteiger partial charge < -0.3 is 4.90 Å². The van der Waals surface area contributed by atoms with E-state index in [0.29, 0.717) is 0 Å². The molecule has 0 aliphatic carbocycles. The second-order valence-electron chi connectivity index (χ2n) is 4.88. The summed E-state index contributed by atoms with van der Waals surface area (Å²) in [4.78, 5) is 2.08. The first-order valence-corrected chi connectivity index (χ1v) is 6.33. The van der Waals surface area contributed by atoms with Gasteiger partial charge in [-0.3, -0.25) is 0 Å². The van der Waals surface area contributed by atoms with E-state index in [0.717, 1.165) is 17.1 Å². The maximum atomic E-state index is 4.40. The Morgan fingerprint density at radius 3 is 2.21 bits per heavy atom. The van der Waals surface area contributed by atoms with E-state index < -0.39 is 0 Å². The molecule has 0 heterocycles. The molecule has 0 saturated carbocycles. The van der Waals surface area contributed by atoms with Crippen LogP contribution in [-0.4, -0.2) is 14.1 Å². The molecule has 0 unspecified atom stereocenters. The predicted molar refractivity (Wildman–Crippen MR) is 80.9 cm³/mol. The summed E-state index contributed by atoms with van der Waals surface area (Å²) in [7, 11) is 4.05. The molecule has 0 fully saturated rings. The highest BCUT2D eigenvalue weighted by atomic mass is 15.1. The minimum Gasteiger partial charge on any atom is -0.376 e. The largest absolute Gasteiger partial charge is 0.376 e. The van der Waals surface area contributed by atoms with Crippen LogP contribution in [0, 0.1) is 13.8 Å². The van der Waals surface area contributed by atoms with E-state index >= 15 is 0 Å². The van der Waals surface area contributed by atoms with Crippen molar-refractivity contribution in [3.63, 3.8) is 0 Å². The Morgan fingerprint density at radius 1 is 0.895 bits per heavy atom. The zero-order valence-corrected chi connectivity index (χ0v) is 11.9. The van der Waals surface area contributed by atoms with Crippen molar-refractivity contribution in [1.29, 1.82) is 0 Å². The van der Waals surface area contributed by atoms with E-state index in [1.165, 1.54) is 11.1 Å². The molecule has 0 amide bonds. The predicted octanol–water partition coefficient (Wildman–Crippen LogP) is 4.78. The summed E-state index contributed by atoms with van der Waals surface area (Å²) in [6, 6.07) is 14.0. The quantitative estimate of drug-likeness (QED) is 0.723. The molecule has 0 atom stereocenters. The molecule has 0 radical (unpaired) electrons. The van der Waals surface area contributed by atoms with Gasteiger partial charge in [-0.1, -0.05) is 24.3 Å². The molecule has 0 aliphatic heterocycles. The highest BCUT2D eigenvalue weighted by Crippen LogP contribution is 2.33. The van der Waals surface area contributed by atoms with E-state index in [-0.39, 0.29) is 0 Å². The van der Waals surface area contributed by atoms with Crippen LogP contribution in [0.2, 0.25) is 0 Å².